The summed E-state index contributed by atoms with van der Waals surface area (Å²) in [5, 5.41) is 0. The molecule has 0 aliphatic rings. The Hall–Kier alpha value is -0.220. The molecule has 2 nitrogen and oxygen atoms in total. The van der Waals surface area contributed by atoms with Crippen molar-refractivity contribution in [1.82, 2.24) is 4.90 Å². The summed E-state index contributed by atoms with van der Waals surface area (Å²) in [6.07, 6.45) is 0. The zero-order valence-corrected chi connectivity index (χ0v) is 5.69. The number of nitrogens with two attached hydrogens (primary N) is 1. The van der Waals surface area contributed by atoms with Crippen LogP contribution in [0.4, 0.5) is 8.78 Å². The van der Waals surface area contributed by atoms with Gasteiger partial charge in [-0.15, -0.1) is 0 Å². The first-order valence-electron chi connectivity index (χ1n) is 2.72. The summed E-state index contributed by atoms with van der Waals surface area (Å²) in [5.74, 6) is -2.63. The lowest BCUT2D eigenvalue weighted by molar-refractivity contribution is -0.00735. The van der Waals surface area contributed by atoms with Crippen molar-refractivity contribution in [3.05, 3.63) is 0 Å². The van der Waals surface area contributed by atoms with Crippen LogP contribution in [0.1, 0.15) is 6.92 Å². The highest BCUT2D eigenvalue weighted by Crippen LogP contribution is 2.11. The lowest BCUT2D eigenvalue weighted by Crippen LogP contribution is -2.35. The van der Waals surface area contributed by atoms with Crippen molar-refractivity contribution < 1.29 is 8.78 Å². The molecule has 0 unspecified atom stereocenters. The van der Waals surface area contributed by atoms with Crippen LogP contribution in [0.2, 0.25) is 0 Å². The lowest BCUT2D eigenvalue weighted by Gasteiger charge is -2.18. The Balaban J connectivity index is 3.47. The Labute approximate surface area is 53.6 Å². The van der Waals surface area contributed by atoms with Crippen LogP contribution in [0, 0.1) is 0 Å². The van der Waals surface area contributed by atoms with E-state index in [-0.39, 0.29) is 13.2 Å². The van der Waals surface area contributed by atoms with Crippen LogP contribution < -0.4 is 5.73 Å². The molecule has 0 saturated heterocycles. The highest BCUT2D eigenvalue weighted by Gasteiger charge is 2.22. The minimum atomic E-state index is -2.63. The quantitative estimate of drug-likeness (QED) is 0.575. The first-order chi connectivity index (χ1) is 3.95. The number of nitrogens with zero attached hydrogens (tertiary/aromatic N) is 1. The molecule has 0 rings (SSSR count). The third-order valence-electron chi connectivity index (χ3n) is 0.859. The van der Waals surface area contributed by atoms with Crippen LogP contribution in [0.5, 0.6) is 0 Å². The van der Waals surface area contributed by atoms with Crippen molar-refractivity contribution in [3.8, 4) is 0 Å². The smallest absolute Gasteiger partial charge is 0.257 e. The average molecular weight is 138 g/mol. The predicted octanol–water partition coefficient (Wildman–Crippen LogP) is 0.490. The summed E-state index contributed by atoms with van der Waals surface area (Å²) >= 11 is 0. The van der Waals surface area contributed by atoms with Crippen LogP contribution in [-0.2, 0) is 0 Å². The molecule has 0 atom stereocenters. The van der Waals surface area contributed by atoms with Gasteiger partial charge in [-0.1, -0.05) is 0 Å². The van der Waals surface area contributed by atoms with Gasteiger partial charge in [0.1, 0.15) is 0 Å². The number of halogens is 2. The van der Waals surface area contributed by atoms with Crippen LogP contribution in [0.3, 0.4) is 0 Å². The average Bonchev–Trinajstić information content (AvgIpc) is 1.62. The van der Waals surface area contributed by atoms with Gasteiger partial charge in [0.25, 0.3) is 5.92 Å². The van der Waals surface area contributed by atoms with Crippen molar-refractivity contribution in [1.29, 1.82) is 0 Å². The van der Waals surface area contributed by atoms with E-state index >= 15 is 0 Å². The molecule has 0 bridgehead atoms. The Morgan fingerprint density at radius 2 is 2.00 bits per heavy atom. The van der Waals surface area contributed by atoms with Gasteiger partial charge < -0.3 is 5.73 Å². The topological polar surface area (TPSA) is 29.3 Å². The summed E-state index contributed by atoms with van der Waals surface area (Å²) in [4.78, 5) is 1.36. The van der Waals surface area contributed by atoms with E-state index in [9.17, 15) is 8.78 Å². The van der Waals surface area contributed by atoms with Gasteiger partial charge in [0, 0.05) is 13.6 Å². The monoisotopic (exact) mass is 138 g/mol. The zero-order chi connectivity index (χ0) is 7.49. The molecule has 56 valence electrons. The first-order valence-corrected chi connectivity index (χ1v) is 2.72. The molecule has 2 N–H and O–H groups in total. The summed E-state index contributed by atoms with van der Waals surface area (Å²) < 4.78 is 24.1. The van der Waals surface area contributed by atoms with Gasteiger partial charge in [-0.3, -0.25) is 4.90 Å². The Morgan fingerprint density at radius 1 is 1.56 bits per heavy atom. The molecule has 0 spiro atoms. The summed E-state index contributed by atoms with van der Waals surface area (Å²) in [6, 6.07) is 0. The molecule has 0 radical (unpaired) electrons. The van der Waals surface area contributed by atoms with Crippen LogP contribution in [0.25, 0.3) is 0 Å². The van der Waals surface area contributed by atoms with Crippen LogP contribution in [-0.4, -0.2) is 31.1 Å². The molecule has 0 aromatic carbocycles. The predicted molar refractivity (Wildman–Crippen MR) is 32.3 cm³/mol. The van der Waals surface area contributed by atoms with E-state index in [2.05, 4.69) is 0 Å². The van der Waals surface area contributed by atoms with E-state index in [1.807, 2.05) is 0 Å². The van der Waals surface area contributed by atoms with Crippen molar-refractivity contribution >= 4 is 0 Å². The van der Waals surface area contributed by atoms with E-state index in [4.69, 9.17) is 5.73 Å². The summed E-state index contributed by atoms with van der Waals surface area (Å²) in [5.41, 5.74) is 5.07. The fraction of sp³-hybridized carbons (Fsp3) is 1.00. The number of alkyl halides is 2. The highest BCUT2D eigenvalue weighted by molar-refractivity contribution is 4.61. The summed E-state index contributed by atoms with van der Waals surface area (Å²) in [6.45, 7) is 0.770. The molecular formula is C5H12F2N2. The van der Waals surface area contributed by atoms with E-state index in [1.165, 1.54) is 4.90 Å². The van der Waals surface area contributed by atoms with Gasteiger partial charge in [-0.25, -0.2) is 8.78 Å². The largest absolute Gasteiger partial charge is 0.318 e. The fourth-order valence-corrected chi connectivity index (χ4v) is 0.539. The second-order valence-corrected chi connectivity index (χ2v) is 2.27. The van der Waals surface area contributed by atoms with Crippen LogP contribution >= 0.6 is 0 Å². The molecule has 4 heteroatoms. The Kier molecular flexibility index (Phi) is 3.00. The van der Waals surface area contributed by atoms with E-state index < -0.39 is 5.92 Å². The molecule has 9 heavy (non-hydrogen) atoms. The van der Waals surface area contributed by atoms with E-state index in [0.717, 1.165) is 6.92 Å². The Bertz CT molecular complexity index is 79.5. The molecule has 0 saturated carbocycles. The zero-order valence-electron chi connectivity index (χ0n) is 5.69. The lowest BCUT2D eigenvalue weighted by atomic mass is 10.4. The normalized spacial score (nSPS) is 12.7. The maximum atomic E-state index is 12.1. The third kappa shape index (κ3) is 5.65. The van der Waals surface area contributed by atoms with E-state index in [1.54, 1.807) is 7.05 Å². The van der Waals surface area contributed by atoms with Crippen LogP contribution in [0.15, 0.2) is 0 Å². The van der Waals surface area contributed by atoms with Gasteiger partial charge in [0.15, 0.2) is 0 Å². The fourth-order valence-electron chi connectivity index (χ4n) is 0.539. The van der Waals surface area contributed by atoms with Crippen molar-refractivity contribution in [2.75, 3.05) is 20.3 Å². The standard InChI is InChI=1S/C5H12F2N2/c1-5(6,7)3-9(2)4-8/h3-4,8H2,1-2H3. The third-order valence-corrected chi connectivity index (χ3v) is 0.859. The number of hydrogen-bond donors (Lipinski definition) is 1. The second kappa shape index (κ2) is 3.08. The minimum absolute atomic E-state index is 0.170. The van der Waals surface area contributed by atoms with Crippen molar-refractivity contribution in [3.63, 3.8) is 0 Å². The molecule has 0 aromatic rings. The molecule has 0 fully saturated rings. The molecular weight excluding hydrogens is 126 g/mol. The number of hydrogen-bond acceptors (Lipinski definition) is 2. The van der Waals surface area contributed by atoms with Gasteiger partial charge in [-0.05, 0) is 7.05 Å². The first kappa shape index (κ1) is 8.78. The SMILES string of the molecule is CN(CN)CC(C)(F)F. The van der Waals surface area contributed by atoms with Gasteiger partial charge in [-0.2, -0.15) is 0 Å². The van der Waals surface area contributed by atoms with Gasteiger partial charge >= 0.3 is 0 Å². The van der Waals surface area contributed by atoms with Crippen molar-refractivity contribution in [2.45, 2.75) is 12.8 Å². The van der Waals surface area contributed by atoms with E-state index in [0.29, 0.717) is 0 Å². The molecule has 0 aromatic heterocycles. The maximum absolute atomic E-state index is 12.1. The van der Waals surface area contributed by atoms with Gasteiger partial charge in [0.05, 0.1) is 6.54 Å². The number of rotatable bonds is 3. The van der Waals surface area contributed by atoms with Crippen molar-refractivity contribution in [2.24, 2.45) is 5.73 Å². The molecule has 0 heterocycles. The summed E-state index contributed by atoms with van der Waals surface area (Å²) in [7, 11) is 1.55. The Morgan fingerprint density at radius 3 is 2.11 bits per heavy atom. The highest BCUT2D eigenvalue weighted by atomic mass is 19.3. The maximum Gasteiger partial charge on any atom is 0.257 e. The molecule has 0 aliphatic carbocycles. The van der Waals surface area contributed by atoms with Gasteiger partial charge in [0.2, 0.25) is 0 Å². The minimum Gasteiger partial charge on any atom is -0.318 e. The second-order valence-electron chi connectivity index (χ2n) is 2.27. The molecule has 0 aliphatic heterocycles. The molecule has 0 amide bonds.